The van der Waals surface area contributed by atoms with Crippen molar-refractivity contribution in [1.29, 1.82) is 0 Å². The van der Waals surface area contributed by atoms with Gasteiger partial charge in [-0.2, -0.15) is 5.10 Å². The first-order chi connectivity index (χ1) is 10.0. The summed E-state index contributed by atoms with van der Waals surface area (Å²) >= 11 is 11.1. The Morgan fingerprint density at radius 1 is 1.48 bits per heavy atom. The Labute approximate surface area is 133 Å². The van der Waals surface area contributed by atoms with Gasteiger partial charge in [-0.05, 0) is 38.2 Å². The van der Waals surface area contributed by atoms with Gasteiger partial charge in [-0.25, -0.2) is 4.39 Å². The van der Waals surface area contributed by atoms with Crippen molar-refractivity contribution in [2.75, 3.05) is 11.9 Å². The van der Waals surface area contributed by atoms with E-state index in [1.165, 1.54) is 6.07 Å². The smallest absolute Gasteiger partial charge is 0.171 e. The molecule has 2 rings (SSSR count). The lowest BCUT2D eigenvalue weighted by Crippen LogP contribution is -2.28. The summed E-state index contributed by atoms with van der Waals surface area (Å²) < 4.78 is 15.5. The number of benzene rings is 1. The zero-order valence-corrected chi connectivity index (χ0v) is 13.4. The third-order valence-corrected chi connectivity index (χ3v) is 3.53. The Morgan fingerprint density at radius 3 is 2.90 bits per heavy atom. The summed E-state index contributed by atoms with van der Waals surface area (Å²) in [4.78, 5) is 0. The van der Waals surface area contributed by atoms with Crippen molar-refractivity contribution < 1.29 is 4.39 Å². The quantitative estimate of drug-likeness (QED) is 0.846. The number of thiocarbonyl (C=S) groups is 1. The molecule has 21 heavy (non-hydrogen) atoms. The molecule has 0 saturated heterocycles. The van der Waals surface area contributed by atoms with E-state index in [-0.39, 0.29) is 12.4 Å². The van der Waals surface area contributed by atoms with Gasteiger partial charge in [-0.1, -0.05) is 17.7 Å². The maximum Gasteiger partial charge on any atom is 0.171 e. The van der Waals surface area contributed by atoms with Crippen molar-refractivity contribution in [2.24, 2.45) is 0 Å². The minimum atomic E-state index is -0.338. The number of hydrogen-bond acceptors (Lipinski definition) is 2. The summed E-state index contributed by atoms with van der Waals surface area (Å²) in [6, 6.07) is 6.48. The second kappa shape index (κ2) is 6.87. The van der Waals surface area contributed by atoms with Gasteiger partial charge < -0.3 is 10.6 Å². The number of hydrogen-bond donors (Lipinski definition) is 2. The van der Waals surface area contributed by atoms with Crippen LogP contribution in [0.1, 0.15) is 18.2 Å². The molecule has 7 heteroatoms. The Hall–Kier alpha value is -1.66. The molecule has 112 valence electrons. The molecule has 0 fully saturated rings. The minimum Gasteiger partial charge on any atom is -0.363 e. The molecule has 0 aliphatic heterocycles. The molecular weight excluding hydrogens is 311 g/mol. The highest BCUT2D eigenvalue weighted by Crippen LogP contribution is 2.21. The largest absolute Gasteiger partial charge is 0.363 e. The molecule has 0 aliphatic carbocycles. The van der Waals surface area contributed by atoms with Gasteiger partial charge in [0.25, 0.3) is 0 Å². The van der Waals surface area contributed by atoms with E-state index in [0.29, 0.717) is 21.5 Å². The molecule has 0 unspecified atom stereocenters. The number of anilines is 1. The number of aryl methyl sites for hydroxylation is 1. The van der Waals surface area contributed by atoms with E-state index in [1.807, 2.05) is 19.9 Å². The normalized spacial score (nSPS) is 10.5. The van der Waals surface area contributed by atoms with E-state index in [2.05, 4.69) is 15.7 Å². The lowest BCUT2D eigenvalue weighted by molar-refractivity contribution is 0.581. The molecule has 0 aliphatic rings. The van der Waals surface area contributed by atoms with E-state index in [4.69, 9.17) is 23.8 Å². The lowest BCUT2D eigenvalue weighted by Gasteiger charge is -2.08. The van der Waals surface area contributed by atoms with Crippen LogP contribution in [0.2, 0.25) is 5.02 Å². The maximum atomic E-state index is 13.8. The fraction of sp³-hybridized carbons (Fsp3) is 0.286. The van der Waals surface area contributed by atoms with E-state index in [9.17, 15) is 4.39 Å². The third kappa shape index (κ3) is 3.92. The molecule has 4 nitrogen and oxygen atoms in total. The lowest BCUT2D eigenvalue weighted by atomic mass is 10.2. The summed E-state index contributed by atoms with van der Waals surface area (Å²) in [7, 11) is 0. The van der Waals surface area contributed by atoms with E-state index < -0.39 is 0 Å². The fourth-order valence-corrected chi connectivity index (χ4v) is 2.36. The molecule has 0 amide bonds. The van der Waals surface area contributed by atoms with Crippen molar-refractivity contribution in [2.45, 2.75) is 20.4 Å². The summed E-state index contributed by atoms with van der Waals surface area (Å²) in [5.41, 5.74) is 1.31. The SMILES string of the molecule is CCNC(=S)Nc1cc(C)n(Cc2c(F)cccc2Cl)n1. The minimum absolute atomic E-state index is 0.271. The second-order valence-corrected chi connectivity index (χ2v) is 5.33. The van der Waals surface area contributed by atoms with Gasteiger partial charge in [0.2, 0.25) is 0 Å². The topological polar surface area (TPSA) is 41.9 Å². The highest BCUT2D eigenvalue weighted by Gasteiger charge is 2.11. The van der Waals surface area contributed by atoms with Gasteiger partial charge in [-0.3, -0.25) is 4.68 Å². The third-order valence-electron chi connectivity index (χ3n) is 2.93. The summed E-state index contributed by atoms with van der Waals surface area (Å²) in [5, 5.41) is 11.2. The maximum absolute atomic E-state index is 13.8. The van der Waals surface area contributed by atoms with Crippen LogP contribution in [0.15, 0.2) is 24.3 Å². The zero-order valence-electron chi connectivity index (χ0n) is 11.8. The summed E-state index contributed by atoms with van der Waals surface area (Å²) in [6.07, 6.45) is 0. The van der Waals surface area contributed by atoms with Gasteiger partial charge in [0.1, 0.15) is 5.82 Å². The highest BCUT2D eigenvalue weighted by molar-refractivity contribution is 7.80. The van der Waals surface area contributed by atoms with Gasteiger partial charge in [0.05, 0.1) is 6.54 Å². The Bertz CT molecular complexity index is 636. The number of nitrogens with zero attached hydrogens (tertiary/aromatic N) is 2. The van der Waals surface area contributed by atoms with Crippen LogP contribution in [0.5, 0.6) is 0 Å². The van der Waals surface area contributed by atoms with E-state index in [0.717, 1.165) is 12.2 Å². The van der Waals surface area contributed by atoms with Crippen LogP contribution in [0, 0.1) is 12.7 Å². The number of rotatable bonds is 4. The van der Waals surface area contributed by atoms with Gasteiger partial charge in [-0.15, -0.1) is 0 Å². The van der Waals surface area contributed by atoms with Crippen LogP contribution in [-0.2, 0) is 6.54 Å². The van der Waals surface area contributed by atoms with Crippen LogP contribution in [-0.4, -0.2) is 21.4 Å². The van der Waals surface area contributed by atoms with Crippen molar-refractivity contribution in [3.63, 3.8) is 0 Å². The van der Waals surface area contributed by atoms with E-state index in [1.54, 1.807) is 16.8 Å². The van der Waals surface area contributed by atoms with Crippen molar-refractivity contribution in [3.05, 3.63) is 46.4 Å². The first-order valence-electron chi connectivity index (χ1n) is 6.53. The predicted molar refractivity (Wildman–Crippen MR) is 87.4 cm³/mol. The van der Waals surface area contributed by atoms with Gasteiger partial charge in [0, 0.05) is 28.9 Å². The highest BCUT2D eigenvalue weighted by atomic mass is 35.5. The average molecular weight is 327 g/mol. The second-order valence-electron chi connectivity index (χ2n) is 4.51. The molecule has 1 aromatic heterocycles. The predicted octanol–water partition coefficient (Wildman–Crippen LogP) is 3.34. The molecule has 0 radical (unpaired) electrons. The number of nitrogens with one attached hydrogen (secondary N) is 2. The van der Waals surface area contributed by atoms with Crippen LogP contribution >= 0.6 is 23.8 Å². The molecule has 0 bridgehead atoms. The van der Waals surface area contributed by atoms with Crippen LogP contribution in [0.25, 0.3) is 0 Å². The monoisotopic (exact) mass is 326 g/mol. The number of aromatic nitrogens is 2. The molecule has 0 saturated carbocycles. The summed E-state index contributed by atoms with van der Waals surface area (Å²) in [6.45, 7) is 4.85. The molecule has 2 N–H and O–H groups in total. The number of halogens is 2. The van der Waals surface area contributed by atoms with Crippen LogP contribution < -0.4 is 10.6 Å². The molecule has 1 aromatic carbocycles. The average Bonchev–Trinajstić information content (AvgIpc) is 2.74. The van der Waals surface area contributed by atoms with Gasteiger partial charge >= 0.3 is 0 Å². The Kier molecular flexibility index (Phi) is 5.14. The summed E-state index contributed by atoms with van der Waals surface area (Å²) in [5.74, 6) is 0.279. The molecule has 0 spiro atoms. The Morgan fingerprint density at radius 2 is 2.24 bits per heavy atom. The van der Waals surface area contributed by atoms with Crippen molar-refractivity contribution >= 4 is 34.7 Å². The molecule has 0 atom stereocenters. The molecule has 2 aromatic rings. The van der Waals surface area contributed by atoms with Crippen molar-refractivity contribution in [1.82, 2.24) is 15.1 Å². The van der Waals surface area contributed by atoms with Crippen molar-refractivity contribution in [3.8, 4) is 0 Å². The zero-order chi connectivity index (χ0) is 15.4. The van der Waals surface area contributed by atoms with Crippen LogP contribution in [0.4, 0.5) is 10.2 Å². The standard InChI is InChI=1S/C14H16ClFN4S/c1-3-17-14(21)18-13-7-9(2)20(19-13)8-10-11(15)5-4-6-12(10)16/h4-7H,3,8H2,1-2H3,(H2,17,18,19,21). The molecule has 1 heterocycles. The Balaban J connectivity index is 2.18. The first kappa shape index (κ1) is 15.7. The molecular formula is C14H16ClFN4S. The fourth-order valence-electron chi connectivity index (χ4n) is 1.89. The van der Waals surface area contributed by atoms with Gasteiger partial charge in [0.15, 0.2) is 10.9 Å². The van der Waals surface area contributed by atoms with E-state index >= 15 is 0 Å². The first-order valence-corrected chi connectivity index (χ1v) is 7.32. The van der Waals surface area contributed by atoms with Crippen LogP contribution in [0.3, 0.4) is 0 Å².